The maximum atomic E-state index is 10.3. The molecular weight excluding hydrogens is 476 g/mol. The summed E-state index contributed by atoms with van der Waals surface area (Å²) in [6.07, 6.45) is 0. The van der Waals surface area contributed by atoms with E-state index >= 15 is 0 Å². The Hall–Kier alpha value is -4.56. The highest BCUT2D eigenvalue weighted by Gasteiger charge is 2.49. The van der Waals surface area contributed by atoms with Gasteiger partial charge < -0.3 is 10.2 Å². The molecular formula is C37H30O2. The number of hydrogen-bond acceptors (Lipinski definition) is 2. The molecule has 190 valence electrons. The zero-order valence-electron chi connectivity index (χ0n) is 22.6. The zero-order chi connectivity index (χ0) is 27.1. The topological polar surface area (TPSA) is 40.5 Å². The van der Waals surface area contributed by atoms with Crippen LogP contribution in [0.25, 0.3) is 32.7 Å². The van der Waals surface area contributed by atoms with Crippen LogP contribution in [0.1, 0.15) is 44.5 Å². The molecule has 2 nitrogen and oxygen atoms in total. The van der Waals surface area contributed by atoms with Gasteiger partial charge in [-0.25, -0.2) is 0 Å². The van der Waals surface area contributed by atoms with E-state index in [0.717, 1.165) is 21.5 Å². The average Bonchev–Trinajstić information content (AvgIpc) is 3.19. The van der Waals surface area contributed by atoms with Crippen molar-refractivity contribution in [1.29, 1.82) is 0 Å². The van der Waals surface area contributed by atoms with Crippen LogP contribution < -0.4 is 0 Å². The van der Waals surface area contributed by atoms with Gasteiger partial charge in [0.25, 0.3) is 0 Å². The summed E-state index contributed by atoms with van der Waals surface area (Å²) in [5.41, 5.74) is 12.0. The van der Waals surface area contributed by atoms with Gasteiger partial charge in [-0.05, 0) is 129 Å². The standard InChI is InChI=1S/C37H30O2/c1-21-17-25-19-27(38)13-15-29(25)23(3)35(21)37(33-11-7-5-9-31(33)32-10-6-8-12-34(32)37)36-22(2)18-26-20-28(39)14-16-30(26)24(36)4/h5-20,38-39H,1-4H3. The summed E-state index contributed by atoms with van der Waals surface area (Å²) in [5.74, 6) is 0.564. The minimum atomic E-state index is -0.534. The number of fused-ring (bicyclic) bond motifs is 5. The Morgan fingerprint density at radius 1 is 0.487 bits per heavy atom. The van der Waals surface area contributed by atoms with Gasteiger partial charge >= 0.3 is 0 Å². The van der Waals surface area contributed by atoms with Crippen molar-refractivity contribution >= 4 is 21.5 Å². The fraction of sp³-hybridized carbons (Fsp3) is 0.135. The highest BCUT2D eigenvalue weighted by Crippen LogP contribution is 2.59. The molecule has 0 atom stereocenters. The Bertz CT molecular complexity index is 1830. The van der Waals surface area contributed by atoms with Crippen LogP contribution in [0.2, 0.25) is 0 Å². The Morgan fingerprint density at radius 2 is 0.897 bits per heavy atom. The fourth-order valence-corrected chi connectivity index (χ4v) is 7.55. The molecule has 1 aliphatic carbocycles. The summed E-state index contributed by atoms with van der Waals surface area (Å²) in [6.45, 7) is 8.88. The first-order chi connectivity index (χ1) is 18.8. The van der Waals surface area contributed by atoms with Gasteiger partial charge in [-0.1, -0.05) is 72.8 Å². The molecule has 0 bridgehead atoms. The van der Waals surface area contributed by atoms with Gasteiger partial charge in [0.2, 0.25) is 0 Å². The molecule has 7 rings (SSSR count). The number of rotatable bonds is 2. The highest BCUT2D eigenvalue weighted by atomic mass is 16.3. The zero-order valence-corrected chi connectivity index (χ0v) is 22.6. The summed E-state index contributed by atoms with van der Waals surface area (Å²) in [6, 6.07) is 33.6. The van der Waals surface area contributed by atoms with E-state index < -0.39 is 5.41 Å². The third-order valence-corrected chi connectivity index (χ3v) is 8.86. The lowest BCUT2D eigenvalue weighted by Gasteiger charge is -2.39. The molecule has 39 heavy (non-hydrogen) atoms. The van der Waals surface area contributed by atoms with Crippen LogP contribution in [-0.4, -0.2) is 10.2 Å². The van der Waals surface area contributed by atoms with E-state index in [0.29, 0.717) is 0 Å². The highest BCUT2D eigenvalue weighted by molar-refractivity contribution is 5.96. The molecule has 0 radical (unpaired) electrons. The first-order valence-electron chi connectivity index (χ1n) is 13.5. The minimum absolute atomic E-state index is 0.282. The van der Waals surface area contributed by atoms with Crippen LogP contribution >= 0.6 is 0 Å². The summed E-state index contributed by atoms with van der Waals surface area (Å²) in [5, 5.41) is 24.9. The molecule has 2 heteroatoms. The van der Waals surface area contributed by atoms with Gasteiger partial charge in [-0.2, -0.15) is 0 Å². The Kier molecular flexibility index (Phi) is 4.96. The average molecular weight is 507 g/mol. The number of hydrogen-bond donors (Lipinski definition) is 2. The quantitative estimate of drug-likeness (QED) is 0.246. The second kappa shape index (κ2) is 8.22. The summed E-state index contributed by atoms with van der Waals surface area (Å²) in [4.78, 5) is 0. The SMILES string of the molecule is Cc1cc2cc(O)ccc2c(C)c1C1(c2c(C)cc3cc(O)ccc3c2C)c2ccccc2-c2ccccc21. The van der Waals surface area contributed by atoms with Crippen molar-refractivity contribution in [3.63, 3.8) is 0 Å². The summed E-state index contributed by atoms with van der Waals surface area (Å²) in [7, 11) is 0. The van der Waals surface area contributed by atoms with Crippen molar-refractivity contribution in [2.75, 3.05) is 0 Å². The number of phenols is 2. The van der Waals surface area contributed by atoms with Crippen LogP contribution in [0.15, 0.2) is 97.1 Å². The van der Waals surface area contributed by atoms with Gasteiger partial charge in [-0.3, -0.25) is 0 Å². The van der Waals surface area contributed by atoms with Crippen LogP contribution in [0.4, 0.5) is 0 Å². The van der Waals surface area contributed by atoms with Crippen molar-refractivity contribution in [3.8, 4) is 22.6 Å². The van der Waals surface area contributed by atoms with Gasteiger partial charge in [0, 0.05) is 0 Å². The number of benzene rings is 6. The van der Waals surface area contributed by atoms with Gasteiger partial charge in [-0.15, -0.1) is 0 Å². The second-order valence-corrected chi connectivity index (χ2v) is 11.0. The number of aromatic hydroxyl groups is 2. The van der Waals surface area contributed by atoms with Crippen molar-refractivity contribution in [1.82, 2.24) is 0 Å². The summed E-state index contributed by atoms with van der Waals surface area (Å²) < 4.78 is 0. The molecule has 6 aromatic carbocycles. The van der Waals surface area contributed by atoms with Crippen LogP contribution in [0.5, 0.6) is 11.5 Å². The third kappa shape index (κ3) is 3.09. The predicted molar refractivity (Wildman–Crippen MR) is 161 cm³/mol. The molecule has 0 fully saturated rings. The second-order valence-electron chi connectivity index (χ2n) is 11.0. The van der Waals surface area contributed by atoms with E-state index in [1.165, 1.54) is 55.6 Å². The van der Waals surface area contributed by atoms with Gasteiger partial charge in [0.05, 0.1) is 5.41 Å². The first kappa shape index (κ1) is 23.5. The van der Waals surface area contributed by atoms with Crippen LogP contribution in [0.3, 0.4) is 0 Å². The minimum Gasteiger partial charge on any atom is -0.508 e. The molecule has 0 heterocycles. The molecule has 0 amide bonds. The van der Waals surface area contributed by atoms with E-state index in [1.54, 1.807) is 12.1 Å². The number of aryl methyl sites for hydroxylation is 4. The van der Waals surface area contributed by atoms with E-state index in [1.807, 2.05) is 24.3 Å². The van der Waals surface area contributed by atoms with Crippen molar-refractivity contribution in [2.24, 2.45) is 0 Å². The monoisotopic (exact) mass is 506 g/mol. The van der Waals surface area contributed by atoms with Crippen molar-refractivity contribution in [3.05, 3.63) is 142 Å². The molecule has 2 N–H and O–H groups in total. The molecule has 0 aliphatic heterocycles. The maximum Gasteiger partial charge on any atom is 0.116 e. The van der Waals surface area contributed by atoms with E-state index in [9.17, 15) is 10.2 Å². The number of phenolic OH excluding ortho intramolecular Hbond substituents is 2. The Balaban J connectivity index is 1.74. The smallest absolute Gasteiger partial charge is 0.116 e. The molecule has 0 spiro atoms. The maximum absolute atomic E-state index is 10.3. The lowest BCUT2D eigenvalue weighted by molar-refractivity contribution is 0.475. The van der Waals surface area contributed by atoms with Gasteiger partial charge in [0.1, 0.15) is 11.5 Å². The first-order valence-corrected chi connectivity index (χ1v) is 13.5. The lowest BCUT2D eigenvalue weighted by atomic mass is 9.62. The molecule has 0 saturated heterocycles. The van der Waals surface area contributed by atoms with Crippen LogP contribution in [-0.2, 0) is 5.41 Å². The molecule has 0 aromatic heterocycles. The summed E-state index contributed by atoms with van der Waals surface area (Å²) >= 11 is 0. The normalized spacial score (nSPS) is 13.5. The van der Waals surface area contributed by atoms with Crippen molar-refractivity contribution < 1.29 is 10.2 Å². The predicted octanol–water partition coefficient (Wildman–Crippen LogP) is 9.00. The van der Waals surface area contributed by atoms with E-state index in [2.05, 4.69) is 88.4 Å². The Morgan fingerprint density at radius 3 is 1.33 bits per heavy atom. The fourth-order valence-electron chi connectivity index (χ4n) is 7.55. The molecule has 6 aromatic rings. The van der Waals surface area contributed by atoms with Crippen LogP contribution in [0, 0.1) is 27.7 Å². The molecule has 1 aliphatic rings. The van der Waals surface area contributed by atoms with Gasteiger partial charge in [0.15, 0.2) is 0 Å². The Labute approximate surface area is 228 Å². The largest absolute Gasteiger partial charge is 0.508 e. The lowest BCUT2D eigenvalue weighted by Crippen LogP contribution is -2.32. The molecule has 0 unspecified atom stereocenters. The molecule has 0 saturated carbocycles. The third-order valence-electron chi connectivity index (χ3n) is 8.86. The van der Waals surface area contributed by atoms with Crippen molar-refractivity contribution in [2.45, 2.75) is 33.1 Å². The van der Waals surface area contributed by atoms with E-state index in [4.69, 9.17) is 0 Å². The van der Waals surface area contributed by atoms with E-state index in [-0.39, 0.29) is 11.5 Å².